The monoisotopic (exact) mass is 288 g/mol. The van der Waals surface area contributed by atoms with Crippen LogP contribution in [0.25, 0.3) is 6.08 Å². The second-order valence-electron chi connectivity index (χ2n) is 4.99. The van der Waals surface area contributed by atoms with Crippen molar-refractivity contribution in [2.75, 3.05) is 13.2 Å². The van der Waals surface area contributed by atoms with Crippen molar-refractivity contribution >= 4 is 17.9 Å². The van der Waals surface area contributed by atoms with Gasteiger partial charge < -0.3 is 15.4 Å². The second-order valence-corrected chi connectivity index (χ2v) is 4.99. The number of hydrogen-bond acceptors (Lipinski definition) is 3. The first-order valence-corrected chi connectivity index (χ1v) is 7.09. The summed E-state index contributed by atoms with van der Waals surface area (Å²) < 4.78 is 5.46. The summed E-state index contributed by atoms with van der Waals surface area (Å²) in [6.45, 7) is 2.59. The van der Waals surface area contributed by atoms with Crippen LogP contribution in [0.3, 0.4) is 0 Å². The van der Waals surface area contributed by atoms with Crippen molar-refractivity contribution < 1.29 is 14.3 Å². The fraction of sp³-hybridized carbons (Fsp3) is 0.375. The summed E-state index contributed by atoms with van der Waals surface area (Å²) in [5, 5.41) is 5.38. The molecule has 1 aliphatic heterocycles. The van der Waals surface area contributed by atoms with Gasteiger partial charge >= 0.3 is 0 Å². The Morgan fingerprint density at radius 3 is 2.71 bits per heavy atom. The molecule has 2 amide bonds. The molecule has 0 unspecified atom stereocenters. The summed E-state index contributed by atoms with van der Waals surface area (Å²) in [4.78, 5) is 23.4. The summed E-state index contributed by atoms with van der Waals surface area (Å²) in [5.74, 6) is -0.575. The highest BCUT2D eigenvalue weighted by molar-refractivity contribution is 6.00. The average Bonchev–Trinajstić information content (AvgIpc) is 2.98. The van der Waals surface area contributed by atoms with Crippen molar-refractivity contribution in [2.24, 2.45) is 0 Å². The van der Waals surface area contributed by atoms with E-state index < -0.39 is 0 Å². The smallest absolute Gasteiger partial charge is 0.267 e. The molecule has 0 saturated carbocycles. The maximum absolute atomic E-state index is 12.2. The number of amides is 2. The van der Waals surface area contributed by atoms with Crippen LogP contribution in [0.4, 0.5) is 0 Å². The maximum atomic E-state index is 12.2. The molecule has 0 aromatic heterocycles. The quantitative estimate of drug-likeness (QED) is 0.806. The minimum atomic E-state index is -0.301. The van der Waals surface area contributed by atoms with E-state index in [1.165, 1.54) is 6.92 Å². The molecule has 2 N–H and O–H groups in total. The Labute approximate surface area is 124 Å². The third kappa shape index (κ3) is 5.04. The van der Waals surface area contributed by atoms with Gasteiger partial charge in [-0.2, -0.15) is 0 Å². The molecule has 21 heavy (non-hydrogen) atoms. The summed E-state index contributed by atoms with van der Waals surface area (Å²) in [7, 11) is 0. The molecule has 2 rings (SSSR count). The topological polar surface area (TPSA) is 67.4 Å². The standard InChI is InChI=1S/C16H20N2O3/c1-12(19)18-15(10-13-6-3-2-4-7-13)16(20)17-11-14-8-5-9-21-14/h2-4,6-7,10,14H,5,8-9,11H2,1H3,(H,17,20)(H,18,19)/t14-/m0/s1. The lowest BCUT2D eigenvalue weighted by Crippen LogP contribution is -2.37. The number of carbonyl (C=O) groups excluding carboxylic acids is 2. The molecule has 1 heterocycles. The molecule has 5 heteroatoms. The van der Waals surface area contributed by atoms with Gasteiger partial charge in [-0.15, -0.1) is 0 Å². The Balaban J connectivity index is 2.02. The normalized spacial score (nSPS) is 18.3. The molecular weight excluding hydrogens is 268 g/mol. The van der Waals surface area contributed by atoms with Gasteiger partial charge in [0.25, 0.3) is 5.91 Å². The van der Waals surface area contributed by atoms with Crippen LogP contribution in [-0.2, 0) is 14.3 Å². The van der Waals surface area contributed by atoms with Crippen molar-refractivity contribution in [3.05, 3.63) is 41.6 Å². The molecule has 5 nitrogen and oxygen atoms in total. The molecule has 0 spiro atoms. The summed E-state index contributed by atoms with van der Waals surface area (Å²) >= 11 is 0. The van der Waals surface area contributed by atoms with Crippen LogP contribution in [0.2, 0.25) is 0 Å². The molecule has 0 bridgehead atoms. The lowest BCUT2D eigenvalue weighted by Gasteiger charge is -2.13. The minimum Gasteiger partial charge on any atom is -0.376 e. The zero-order chi connectivity index (χ0) is 15.1. The van der Waals surface area contributed by atoms with E-state index in [0.717, 1.165) is 25.0 Å². The van der Waals surface area contributed by atoms with Gasteiger partial charge in [-0.3, -0.25) is 9.59 Å². The zero-order valence-electron chi connectivity index (χ0n) is 12.1. The number of nitrogens with one attached hydrogen (secondary N) is 2. The van der Waals surface area contributed by atoms with E-state index in [2.05, 4.69) is 10.6 Å². The molecule has 0 radical (unpaired) electrons. The van der Waals surface area contributed by atoms with Crippen LogP contribution in [0.5, 0.6) is 0 Å². The third-order valence-electron chi connectivity index (χ3n) is 3.18. The number of ether oxygens (including phenoxy) is 1. The minimum absolute atomic E-state index is 0.0734. The van der Waals surface area contributed by atoms with E-state index in [1.807, 2.05) is 30.3 Å². The Bertz CT molecular complexity index is 520. The third-order valence-corrected chi connectivity index (χ3v) is 3.18. The first-order chi connectivity index (χ1) is 10.1. The number of carbonyl (C=O) groups is 2. The van der Waals surface area contributed by atoms with E-state index in [4.69, 9.17) is 4.74 Å². The molecular formula is C16H20N2O3. The van der Waals surface area contributed by atoms with Gasteiger partial charge in [0, 0.05) is 20.1 Å². The van der Waals surface area contributed by atoms with Crippen LogP contribution in [-0.4, -0.2) is 31.1 Å². The fourth-order valence-corrected chi connectivity index (χ4v) is 2.17. The molecule has 0 aliphatic carbocycles. The van der Waals surface area contributed by atoms with Crippen LogP contribution in [0.15, 0.2) is 36.0 Å². The number of benzene rings is 1. The van der Waals surface area contributed by atoms with Crippen molar-refractivity contribution in [2.45, 2.75) is 25.9 Å². The molecule has 112 valence electrons. The van der Waals surface area contributed by atoms with E-state index in [0.29, 0.717) is 6.54 Å². The molecule has 1 fully saturated rings. The Morgan fingerprint density at radius 2 is 2.10 bits per heavy atom. The highest BCUT2D eigenvalue weighted by Gasteiger charge is 2.18. The lowest BCUT2D eigenvalue weighted by molar-refractivity contribution is -0.122. The predicted octanol–water partition coefficient (Wildman–Crippen LogP) is 1.46. The second kappa shape index (κ2) is 7.59. The maximum Gasteiger partial charge on any atom is 0.267 e. The first kappa shape index (κ1) is 15.3. The Kier molecular flexibility index (Phi) is 5.51. The molecule has 1 aromatic rings. The van der Waals surface area contributed by atoms with Gasteiger partial charge in [-0.25, -0.2) is 0 Å². The van der Waals surface area contributed by atoms with Gasteiger partial charge in [-0.05, 0) is 24.5 Å². The largest absolute Gasteiger partial charge is 0.376 e. The highest BCUT2D eigenvalue weighted by Crippen LogP contribution is 2.11. The summed E-state index contributed by atoms with van der Waals surface area (Å²) in [6, 6.07) is 9.39. The fourth-order valence-electron chi connectivity index (χ4n) is 2.17. The van der Waals surface area contributed by atoms with Crippen molar-refractivity contribution in [3.8, 4) is 0 Å². The van der Waals surface area contributed by atoms with Crippen LogP contribution < -0.4 is 10.6 Å². The van der Waals surface area contributed by atoms with Crippen molar-refractivity contribution in [1.29, 1.82) is 0 Å². The van der Waals surface area contributed by atoms with Crippen molar-refractivity contribution in [1.82, 2.24) is 10.6 Å². The van der Waals surface area contributed by atoms with Crippen LogP contribution in [0, 0.1) is 0 Å². The molecule has 1 aromatic carbocycles. The van der Waals surface area contributed by atoms with Gasteiger partial charge in [0.1, 0.15) is 5.70 Å². The average molecular weight is 288 g/mol. The van der Waals surface area contributed by atoms with E-state index in [1.54, 1.807) is 6.08 Å². The van der Waals surface area contributed by atoms with Crippen LogP contribution >= 0.6 is 0 Å². The molecule has 1 aliphatic rings. The Morgan fingerprint density at radius 1 is 1.33 bits per heavy atom. The van der Waals surface area contributed by atoms with Gasteiger partial charge in [0.2, 0.25) is 5.91 Å². The van der Waals surface area contributed by atoms with Gasteiger partial charge in [0.15, 0.2) is 0 Å². The lowest BCUT2D eigenvalue weighted by atomic mass is 10.2. The first-order valence-electron chi connectivity index (χ1n) is 7.09. The van der Waals surface area contributed by atoms with Crippen molar-refractivity contribution in [3.63, 3.8) is 0 Å². The molecule has 1 saturated heterocycles. The van der Waals surface area contributed by atoms with Gasteiger partial charge in [0.05, 0.1) is 6.10 Å². The number of rotatable bonds is 5. The number of hydrogen-bond donors (Lipinski definition) is 2. The summed E-state index contributed by atoms with van der Waals surface area (Å²) in [5.41, 5.74) is 1.10. The van der Waals surface area contributed by atoms with E-state index >= 15 is 0 Å². The predicted molar refractivity (Wildman–Crippen MR) is 80.2 cm³/mol. The SMILES string of the molecule is CC(=O)NC(=Cc1ccccc1)C(=O)NC[C@@H]1CCCO1. The van der Waals surface area contributed by atoms with Gasteiger partial charge in [-0.1, -0.05) is 30.3 Å². The summed E-state index contributed by atoms with van der Waals surface area (Å²) in [6.07, 6.45) is 3.72. The van der Waals surface area contributed by atoms with Crippen LogP contribution in [0.1, 0.15) is 25.3 Å². The zero-order valence-corrected chi connectivity index (χ0v) is 12.1. The van der Waals surface area contributed by atoms with E-state index in [9.17, 15) is 9.59 Å². The molecule has 1 atom stereocenters. The van der Waals surface area contributed by atoms with E-state index in [-0.39, 0.29) is 23.6 Å². The highest BCUT2D eigenvalue weighted by atomic mass is 16.5. The Hall–Kier alpha value is -2.14.